The van der Waals surface area contributed by atoms with Gasteiger partial charge < -0.3 is 14.0 Å². The lowest BCUT2D eigenvalue weighted by Crippen LogP contribution is -2.07. The summed E-state index contributed by atoms with van der Waals surface area (Å²) in [4.78, 5) is 16.2. The average molecular weight is 357 g/mol. The molecular formula is C18H13F2N3O3. The van der Waals surface area contributed by atoms with Gasteiger partial charge in [0.25, 0.3) is 0 Å². The molecule has 6 nitrogen and oxygen atoms in total. The first-order valence-electron chi connectivity index (χ1n) is 7.53. The standard InChI is InChI=1S/C18H13F2N3O3/c1-10-12(6-13(9-21)23(10)2)8-15-17(24)26-16(22-15)11-4-3-5-14(7-11)25-18(19)20/h3-8,18H,1-2H3/b15-8+. The highest BCUT2D eigenvalue weighted by atomic mass is 19.3. The Morgan fingerprint density at radius 3 is 2.81 bits per heavy atom. The number of alkyl halides is 2. The Balaban J connectivity index is 1.94. The lowest BCUT2D eigenvalue weighted by Gasteiger charge is -2.05. The van der Waals surface area contributed by atoms with Crippen LogP contribution in [0.1, 0.15) is 22.5 Å². The van der Waals surface area contributed by atoms with Crippen LogP contribution in [0.4, 0.5) is 8.78 Å². The molecule has 0 saturated heterocycles. The molecule has 0 aliphatic carbocycles. The number of aliphatic imine (C=N–C) groups is 1. The van der Waals surface area contributed by atoms with E-state index in [-0.39, 0.29) is 17.3 Å². The predicted molar refractivity (Wildman–Crippen MR) is 88.5 cm³/mol. The quantitative estimate of drug-likeness (QED) is 0.622. The van der Waals surface area contributed by atoms with Crippen LogP contribution in [0.25, 0.3) is 6.08 Å². The Hall–Kier alpha value is -3.47. The molecule has 1 aliphatic rings. The van der Waals surface area contributed by atoms with Crippen LogP contribution >= 0.6 is 0 Å². The number of hydrogen-bond donors (Lipinski definition) is 0. The topological polar surface area (TPSA) is 76.6 Å². The van der Waals surface area contributed by atoms with Crippen molar-refractivity contribution in [3.63, 3.8) is 0 Å². The predicted octanol–water partition coefficient (Wildman–Crippen LogP) is 3.15. The molecule has 3 rings (SSSR count). The molecule has 0 N–H and O–H groups in total. The van der Waals surface area contributed by atoms with Crippen molar-refractivity contribution in [2.75, 3.05) is 0 Å². The van der Waals surface area contributed by atoms with Crippen molar-refractivity contribution >= 4 is 17.9 Å². The largest absolute Gasteiger partial charge is 0.435 e. The van der Waals surface area contributed by atoms with Gasteiger partial charge in [-0.3, -0.25) is 0 Å². The number of halogens is 2. The third-order valence-electron chi connectivity index (χ3n) is 3.91. The number of hydrogen-bond acceptors (Lipinski definition) is 5. The van der Waals surface area contributed by atoms with E-state index in [0.29, 0.717) is 16.8 Å². The van der Waals surface area contributed by atoms with Gasteiger partial charge in [0, 0.05) is 18.3 Å². The molecule has 26 heavy (non-hydrogen) atoms. The van der Waals surface area contributed by atoms with Crippen molar-refractivity contribution in [1.29, 1.82) is 5.26 Å². The highest BCUT2D eigenvalue weighted by Gasteiger charge is 2.25. The molecule has 0 bridgehead atoms. The first kappa shape index (κ1) is 17.4. The van der Waals surface area contributed by atoms with Gasteiger partial charge in [-0.2, -0.15) is 14.0 Å². The zero-order valence-electron chi connectivity index (χ0n) is 13.9. The summed E-state index contributed by atoms with van der Waals surface area (Å²) < 4.78 is 35.8. The smallest absolute Gasteiger partial charge is 0.387 e. The molecule has 132 valence electrons. The maximum Gasteiger partial charge on any atom is 0.387 e. The van der Waals surface area contributed by atoms with Crippen LogP contribution in [0.2, 0.25) is 0 Å². The zero-order valence-corrected chi connectivity index (χ0v) is 13.9. The van der Waals surface area contributed by atoms with Gasteiger partial charge in [0.05, 0.1) is 0 Å². The number of carbonyl (C=O) groups excluding carboxylic acids is 1. The highest BCUT2D eigenvalue weighted by molar-refractivity contribution is 6.13. The maximum atomic E-state index is 12.3. The molecule has 0 spiro atoms. The summed E-state index contributed by atoms with van der Waals surface area (Å²) in [5.41, 5.74) is 2.29. The fraction of sp³-hybridized carbons (Fsp3) is 0.167. The van der Waals surface area contributed by atoms with Gasteiger partial charge in [0.2, 0.25) is 5.90 Å². The average Bonchev–Trinajstić information content (AvgIpc) is 3.09. The van der Waals surface area contributed by atoms with Crippen LogP contribution in [-0.4, -0.2) is 23.0 Å². The first-order chi connectivity index (χ1) is 12.4. The fourth-order valence-corrected chi connectivity index (χ4v) is 2.46. The van der Waals surface area contributed by atoms with E-state index < -0.39 is 12.6 Å². The van der Waals surface area contributed by atoms with Crippen LogP contribution in [0, 0.1) is 18.3 Å². The minimum absolute atomic E-state index is 0.00458. The van der Waals surface area contributed by atoms with Crippen LogP contribution in [0.3, 0.4) is 0 Å². The lowest BCUT2D eigenvalue weighted by molar-refractivity contribution is -0.129. The van der Waals surface area contributed by atoms with Gasteiger partial charge in [0.15, 0.2) is 5.70 Å². The number of esters is 1. The summed E-state index contributed by atoms with van der Waals surface area (Å²) in [6.07, 6.45) is 1.52. The van der Waals surface area contributed by atoms with E-state index in [9.17, 15) is 13.6 Å². The molecule has 1 aromatic heterocycles. The molecule has 0 fully saturated rings. The van der Waals surface area contributed by atoms with E-state index in [1.165, 1.54) is 24.3 Å². The van der Waals surface area contributed by atoms with Gasteiger partial charge in [0.1, 0.15) is 17.5 Å². The van der Waals surface area contributed by atoms with E-state index >= 15 is 0 Å². The van der Waals surface area contributed by atoms with Gasteiger partial charge >= 0.3 is 12.6 Å². The Morgan fingerprint density at radius 1 is 1.38 bits per heavy atom. The van der Waals surface area contributed by atoms with Crippen molar-refractivity contribution in [3.8, 4) is 11.8 Å². The molecule has 2 aromatic rings. The summed E-state index contributed by atoms with van der Waals surface area (Å²) in [6, 6.07) is 9.42. The Kier molecular flexibility index (Phi) is 4.54. The number of nitriles is 1. The summed E-state index contributed by atoms with van der Waals surface area (Å²) in [6.45, 7) is -1.15. The van der Waals surface area contributed by atoms with Gasteiger partial charge in [-0.15, -0.1) is 0 Å². The van der Waals surface area contributed by atoms with E-state index in [2.05, 4.69) is 15.8 Å². The molecule has 2 heterocycles. The molecule has 1 aromatic carbocycles. The highest BCUT2D eigenvalue weighted by Crippen LogP contribution is 2.24. The second-order valence-electron chi connectivity index (χ2n) is 5.48. The summed E-state index contributed by atoms with van der Waals surface area (Å²) >= 11 is 0. The molecule has 8 heteroatoms. The van der Waals surface area contributed by atoms with E-state index in [4.69, 9.17) is 10.00 Å². The normalized spacial score (nSPS) is 15.2. The lowest BCUT2D eigenvalue weighted by atomic mass is 10.2. The number of ether oxygens (including phenoxy) is 2. The second-order valence-corrected chi connectivity index (χ2v) is 5.48. The molecule has 1 aliphatic heterocycles. The van der Waals surface area contributed by atoms with Crippen molar-refractivity contribution in [1.82, 2.24) is 4.57 Å². The Labute approximate surface area is 147 Å². The minimum Gasteiger partial charge on any atom is -0.435 e. The van der Waals surface area contributed by atoms with Crippen LogP contribution in [0.15, 0.2) is 41.0 Å². The number of benzene rings is 1. The van der Waals surface area contributed by atoms with Crippen LogP contribution < -0.4 is 4.74 Å². The molecule has 0 saturated carbocycles. The van der Waals surface area contributed by atoms with E-state index in [0.717, 1.165) is 5.69 Å². The van der Waals surface area contributed by atoms with Crippen LogP contribution in [-0.2, 0) is 16.6 Å². The number of rotatable bonds is 4. The number of nitrogens with zero attached hydrogens (tertiary/aromatic N) is 3. The molecule has 0 atom stereocenters. The molecular weight excluding hydrogens is 344 g/mol. The first-order valence-corrected chi connectivity index (χ1v) is 7.53. The summed E-state index contributed by atoms with van der Waals surface area (Å²) in [5, 5.41) is 9.07. The molecule has 0 amide bonds. The van der Waals surface area contributed by atoms with Gasteiger partial charge in [-0.05, 0) is 42.8 Å². The Morgan fingerprint density at radius 2 is 2.15 bits per heavy atom. The summed E-state index contributed by atoms with van der Waals surface area (Å²) in [7, 11) is 1.74. The third-order valence-corrected chi connectivity index (χ3v) is 3.91. The maximum absolute atomic E-state index is 12.3. The van der Waals surface area contributed by atoms with E-state index in [1.54, 1.807) is 23.7 Å². The third kappa shape index (κ3) is 3.32. The Bertz CT molecular complexity index is 984. The van der Waals surface area contributed by atoms with Crippen molar-refractivity contribution < 1.29 is 23.0 Å². The van der Waals surface area contributed by atoms with Crippen molar-refractivity contribution in [2.24, 2.45) is 12.0 Å². The zero-order chi connectivity index (χ0) is 18.8. The number of carbonyl (C=O) groups is 1. The SMILES string of the molecule is Cc1c(/C=C2/N=C(c3cccc(OC(F)F)c3)OC2=O)cc(C#N)n1C. The van der Waals surface area contributed by atoms with Crippen molar-refractivity contribution in [2.45, 2.75) is 13.5 Å². The summed E-state index contributed by atoms with van der Waals surface area (Å²) in [5.74, 6) is -0.733. The van der Waals surface area contributed by atoms with Gasteiger partial charge in [-0.25, -0.2) is 9.79 Å². The minimum atomic E-state index is -2.95. The van der Waals surface area contributed by atoms with Crippen LogP contribution in [0.5, 0.6) is 5.75 Å². The number of aromatic nitrogens is 1. The van der Waals surface area contributed by atoms with Gasteiger partial charge in [-0.1, -0.05) is 6.07 Å². The second kappa shape index (κ2) is 6.80. The molecule has 0 radical (unpaired) electrons. The molecule has 0 unspecified atom stereocenters. The monoisotopic (exact) mass is 357 g/mol. The van der Waals surface area contributed by atoms with Crippen molar-refractivity contribution in [3.05, 3.63) is 58.5 Å². The number of cyclic esters (lactones) is 1. The van der Waals surface area contributed by atoms with E-state index in [1.807, 2.05) is 6.92 Å². The fourth-order valence-electron chi connectivity index (χ4n) is 2.46.